The van der Waals surface area contributed by atoms with Gasteiger partial charge in [0.2, 0.25) is 42.3 Å². The zero-order valence-corrected chi connectivity index (χ0v) is 91.6. The van der Waals surface area contributed by atoms with Crippen LogP contribution in [0.2, 0.25) is 0 Å². The van der Waals surface area contributed by atoms with E-state index in [1.807, 2.05) is 7.05 Å². The van der Waals surface area contributed by atoms with E-state index < -0.39 is 133 Å². The lowest BCUT2D eigenvalue weighted by Crippen LogP contribution is -2.64. The second-order valence-electron chi connectivity index (χ2n) is 26.8. The maximum Gasteiger partial charge on any atom is 0.333 e. The summed E-state index contributed by atoms with van der Waals surface area (Å²) in [4.78, 5) is 102. The third-order valence-corrected chi connectivity index (χ3v) is 17.7. The van der Waals surface area contributed by atoms with Gasteiger partial charge in [0.15, 0.2) is 11.6 Å². The van der Waals surface area contributed by atoms with Crippen LogP contribution in [0.15, 0.2) is 63.3 Å². The molecule has 4 rings (SSSR count). The molecule has 59 heteroatoms. The molecule has 0 amide bonds. The Bertz CT molecular complexity index is 3340. The van der Waals surface area contributed by atoms with Crippen LogP contribution in [0.25, 0.3) is 5.53 Å². The van der Waals surface area contributed by atoms with Crippen LogP contribution in [0.4, 0.5) is 0 Å². The summed E-state index contributed by atoms with van der Waals surface area (Å²) in [6.07, 6.45) is 1.49. The number of hydrogen-bond donors (Lipinski definition) is 24. The average Bonchev–Trinajstić information content (AvgIpc) is 0.804. The number of hydrogen-bond acceptors (Lipinski definition) is 48. The summed E-state index contributed by atoms with van der Waals surface area (Å²) >= 11 is 14.4. The van der Waals surface area contributed by atoms with Gasteiger partial charge in [-0.1, -0.05) is 37.3 Å². The largest absolute Gasteiger partial charge is 0.480 e. The van der Waals surface area contributed by atoms with Crippen molar-refractivity contribution < 1.29 is 175 Å². The molecule has 23 atom stereocenters. The van der Waals surface area contributed by atoms with Crippen LogP contribution in [0.5, 0.6) is 0 Å². The van der Waals surface area contributed by atoms with Gasteiger partial charge in [-0.15, -0.1) is 32.9 Å². The number of aliphatic hydroxyl groups excluding tert-OH is 9. The van der Waals surface area contributed by atoms with Crippen molar-refractivity contribution >= 4 is 171 Å². The van der Waals surface area contributed by atoms with Gasteiger partial charge in [-0.25, -0.2) is 54.7 Å². The number of Topliss-reactive ketones (excluding diaryl/α,β-unsaturated/α-hetero) is 3. The van der Waals surface area contributed by atoms with E-state index >= 15 is 0 Å². The number of ether oxygens (including phenoxy) is 16. The standard InChI is InChI=1S/C10H17NO5.C9H15N3O3.C9H19NO3.C9H15NO3.C8H17NO4.C8H15NO4.2C7H15NO4.C7H13NO2.C6H11NO3.4BH4PS/c1-4-5-15-8(6-12)9(11-3)10(14)16-7(2)13;1-3-4-15-8(6-13)9(11-2)7(14)5-12-10;1-7-5-13-6-9(11-3,12-4)8(7)10-2;1-3-4-13-8-6-12-5-7(11)9(8)10-2;1-9-7-6(10)4-13-5-8(7,11-2)12-3;1-3-4-13-6(5-10)7(9-2)8(11)12;2*1-3-12-7(11)6(8-2)5(10)4-9;1-4-6(8-3)7(9)10-5-2;1-7-6-4(8)2-10-3-5(6)9;4*2-1-3/h4,8-9,11-12H,1,5-6H2,2-3H3;3,5,8-9,11,13H,1,4,6H2,2H3;7-8,10H,5-6H2,1-4H3;3,8-10H,1,4-6H2,2H3;6-7,9-10H,4-5H2,1-3H3;3,6-7,9-10H,1,4-5H2,2H3,(H,11,12);2*5-6,8-10H,3-4H2,1-2H3;4,6,8H,1,5H2,2-3H3;4,6-8H,2-3H2,1H3;4*1,3H,2H2/t2*8?,9-;7-,8-;8-,9+;6-,7-;6?,7-;2*5?,6-;6-;4-,6-;;;;/m0100000000..../s1/i12T;13T;;;;10T;9T;;;;4*1D. The lowest BCUT2D eigenvalue weighted by atomic mass is 9.92. The molecule has 0 aliphatic carbocycles. The number of aliphatic hydroxyl groups is 9. The number of nitrogens with one attached hydrogen (secondary N) is 10. The smallest absolute Gasteiger partial charge is 0.333 e. The normalized spacial score (nSPS) is 20.6. The number of aliphatic carboxylic acids is 1. The number of carbonyl (C=O) groups is 9. The summed E-state index contributed by atoms with van der Waals surface area (Å²) in [6, 6.07) is -5.35. The van der Waals surface area contributed by atoms with Gasteiger partial charge in [-0.2, -0.15) is 41.3 Å². The molecule has 0 aromatic carbocycles. The Labute approximate surface area is 866 Å². The van der Waals surface area contributed by atoms with Crippen molar-refractivity contribution in [2.75, 3.05) is 231 Å². The molecule has 0 aromatic rings. The molecule has 9 unspecified atom stereocenters. The second-order valence-corrected chi connectivity index (χ2v) is 31.6. The molecule has 4 saturated heterocycles. The first kappa shape index (κ1) is 137. The SMILES string of the molecule is C=CCO[C@H]1COCC(=O)[C@H]1NC.C=C[C@H](NC)C(=O)OCC.CCOC(=O)[C@@H](NC)C(O)CO.CN[C@@H]1C(=O)COC[C@@H]1O.CN[C@H]1[C@@H](C)COCC1(OC)OC.CN[C@H]1[C@@H](O)COCC1(OC)OC.[2H]B(P)S.[2H]B(P)S.[2H]B(P)S.[2H]B(P)S.[3H]OCC(O)[C@H](NC)C(=O)OCC.[3H]OCC(OCC=C)[C@H](NC)C(=O)C=[N+]=[N-].[3H]OCC(OCC=C)[C@H](NC)C(=O)O.[3H]OCC(OCC=C)[C@H](NC)C(=O)OC(C)=O. The minimum absolute atomic E-state index is 0.0443. The number of likely N-dealkylation sites (N-methyl/N-ethyl adjacent to an activating group) is 10. The van der Waals surface area contributed by atoms with Gasteiger partial charge in [-0.05, 0) is 96.6 Å². The summed E-state index contributed by atoms with van der Waals surface area (Å²) < 4.78 is 133. The first-order chi connectivity index (χ1) is 69.4. The molecule has 20 N–H and O–H groups in total. The summed E-state index contributed by atoms with van der Waals surface area (Å²) in [5.74, 6) is -5.53. The summed E-state index contributed by atoms with van der Waals surface area (Å²) in [7, 11) is 31.5. The van der Waals surface area contributed by atoms with Gasteiger partial charge >= 0.3 is 42.0 Å². The summed E-state index contributed by atoms with van der Waals surface area (Å²) in [6.45, 7) is 29.6. The van der Waals surface area contributed by atoms with Crippen molar-refractivity contribution in [2.45, 2.75) is 155 Å². The second kappa shape index (κ2) is 107. The van der Waals surface area contributed by atoms with Crippen molar-refractivity contribution in [3.63, 3.8) is 0 Å². The van der Waals surface area contributed by atoms with Crippen LogP contribution in [0.1, 0.15) is 34.6 Å². The Balaban J connectivity index is -0.000000175. The number of carboxylic acid groups (broad SMARTS) is 1. The lowest BCUT2D eigenvalue weighted by molar-refractivity contribution is -0.288. The van der Waals surface area contributed by atoms with Crippen molar-refractivity contribution in [2.24, 2.45) is 5.92 Å². The molecule has 0 bridgehead atoms. The minimum Gasteiger partial charge on any atom is -0.480 e. The molecule has 4 heterocycles. The van der Waals surface area contributed by atoms with E-state index in [-0.39, 0.29) is 152 Å². The number of esters is 5. The molecule has 4 aliphatic heterocycles. The van der Waals surface area contributed by atoms with Crippen LogP contribution in [0.3, 0.4) is 0 Å². The van der Waals surface area contributed by atoms with Gasteiger partial charge < -0.3 is 186 Å². The van der Waals surface area contributed by atoms with E-state index in [0.29, 0.717) is 45.6 Å². The molecular weight excluding hydrogens is 1980 g/mol. The minimum atomic E-state index is -1.12. The molecular formula is C80H168B4N12O35P4S4. The zero-order chi connectivity index (χ0) is 116. The predicted molar refractivity (Wildman–Crippen MR) is 566 cm³/mol. The van der Waals surface area contributed by atoms with Crippen molar-refractivity contribution in [3.8, 4) is 0 Å². The van der Waals surface area contributed by atoms with Gasteiger partial charge in [-0.3, -0.25) is 38.4 Å². The van der Waals surface area contributed by atoms with Crippen LogP contribution in [-0.4, -0.2) is 503 Å². The highest BCUT2D eigenvalue weighted by atomic mass is 32.1. The van der Waals surface area contributed by atoms with E-state index in [1.54, 1.807) is 76.3 Å². The van der Waals surface area contributed by atoms with Gasteiger partial charge in [0.05, 0.1) is 142 Å². The fraction of sp³-hybridized carbons (Fsp3) is 0.750. The molecule has 814 valence electrons. The number of carbonyl (C=O) groups excluding carboxylic acids is 8. The molecule has 4 aliphatic rings. The van der Waals surface area contributed by atoms with Crippen molar-refractivity contribution in [1.82, 2.24) is 53.2 Å². The molecule has 4 fully saturated rings. The first-order valence-electron chi connectivity index (χ1n) is 46.4. The fourth-order valence-electron chi connectivity index (χ4n) is 11.3. The number of ketones is 3. The van der Waals surface area contributed by atoms with E-state index in [0.717, 1.165) is 19.7 Å². The quantitative estimate of drug-likeness (QED) is 0.00230. The van der Waals surface area contributed by atoms with E-state index in [9.17, 15) is 53.4 Å². The van der Waals surface area contributed by atoms with Crippen LogP contribution < -0.4 is 53.2 Å². The van der Waals surface area contributed by atoms with E-state index in [1.165, 1.54) is 66.7 Å². The number of methoxy groups -OCH3 is 4. The number of nitrogens with zero attached hydrogens (tertiary/aromatic N) is 2. The monoisotopic (exact) mass is 2170 g/mol. The Hall–Kier alpha value is -3.75. The zero-order valence-electron chi connectivity index (χ0n) is 91.4. The third-order valence-electron chi connectivity index (χ3n) is 17.7. The summed E-state index contributed by atoms with van der Waals surface area (Å²) in [5, 5.41) is 98.6. The van der Waals surface area contributed by atoms with Crippen LogP contribution in [-0.2, 0) is 119 Å². The molecule has 47 nitrogen and oxygen atoms in total. The van der Waals surface area contributed by atoms with E-state index in [2.05, 4.69) is 219 Å². The highest BCUT2D eigenvalue weighted by molar-refractivity contribution is 8.20. The Morgan fingerprint density at radius 1 is 0.532 bits per heavy atom. The number of carboxylic acids is 1. The molecule has 0 saturated carbocycles. The fourth-order valence-corrected chi connectivity index (χ4v) is 11.3. The summed E-state index contributed by atoms with van der Waals surface area (Å²) in [5.41, 5.74) is 8.26. The molecule has 0 spiro atoms. The third kappa shape index (κ3) is 73.9. The highest BCUT2D eigenvalue weighted by Crippen LogP contribution is 2.28. The topological polar surface area (TPSA) is 660 Å². The molecule has 0 aromatic heterocycles. The van der Waals surface area contributed by atoms with Crippen molar-refractivity contribution in [1.29, 1.82) is 11.1 Å². The Morgan fingerprint density at radius 2 is 0.892 bits per heavy atom. The van der Waals surface area contributed by atoms with Crippen LogP contribution in [0, 0.1) is 5.92 Å². The lowest BCUT2D eigenvalue weighted by Gasteiger charge is -2.44. The van der Waals surface area contributed by atoms with E-state index in [4.69, 9.17) is 98.6 Å². The molecule has 139 heavy (non-hydrogen) atoms. The predicted octanol–water partition coefficient (Wildman–Crippen LogP) is -7.54. The average molecular weight is 2170 g/mol. The molecule has 0 radical (unpaired) electrons. The Morgan fingerprint density at radius 3 is 1.19 bits per heavy atom. The maximum absolute atomic E-state index is 11.5. The maximum atomic E-state index is 11.5. The van der Waals surface area contributed by atoms with Gasteiger partial charge in [0.1, 0.15) is 99.3 Å². The van der Waals surface area contributed by atoms with Crippen LogP contribution >= 0.6 is 86.4 Å². The van der Waals surface area contributed by atoms with Gasteiger partial charge in [0, 0.05) is 41.3 Å². The Kier molecular flexibility index (Phi) is 106. The van der Waals surface area contributed by atoms with Crippen molar-refractivity contribution in [3.05, 3.63) is 68.8 Å². The number of thiol groups is 4. The van der Waals surface area contributed by atoms with Gasteiger partial charge in [0.25, 0.3) is 5.78 Å². The number of rotatable bonds is 51. The highest BCUT2D eigenvalue weighted by Gasteiger charge is 2.48. The first-order valence-corrected chi connectivity index (χ1v) is 47.2.